The summed E-state index contributed by atoms with van der Waals surface area (Å²) < 4.78 is 99.3. The number of hydrogen-bond acceptors (Lipinski definition) is 11. The molecule has 2 N–H and O–H groups in total. The molecule has 5 aliphatic rings. The lowest BCUT2D eigenvalue weighted by molar-refractivity contribution is 0.107. The van der Waals surface area contributed by atoms with Gasteiger partial charge in [0.05, 0.1) is 23.3 Å². The Morgan fingerprint density at radius 1 is 1.00 bits per heavy atom. The van der Waals surface area contributed by atoms with Gasteiger partial charge in [-0.05, 0) is 87.7 Å². The van der Waals surface area contributed by atoms with Gasteiger partial charge < -0.3 is 18.7 Å². The maximum Gasteiger partial charge on any atom is 0.339 e. The van der Waals surface area contributed by atoms with Gasteiger partial charge in [-0.2, -0.15) is 31.5 Å². The Hall–Kier alpha value is -4.16. The van der Waals surface area contributed by atoms with E-state index < -0.39 is 43.4 Å². The van der Waals surface area contributed by atoms with Crippen LogP contribution in [0.15, 0.2) is 53.4 Å². The standard InChI is InChI=1S/C39H45F2N7O6S2/c1-25-5-8-30(9-6-25)55(49,50)54-29-17-27-7-10-32(41)26(2)35(27)34(18-29)46-16-11-31-33(21-46)43-37(53-24-39-13-4-15-48(39)20-28(40)19-39)44-36(31)47-14-3-12-38(23-47)22-42-56(51,52)45-38/h5-10,17-18,28,42,45H,3-4,11-16,19-24H2,1-2H3/t28-,38?,39+/m1/s1. The molecule has 17 heteroatoms. The van der Waals surface area contributed by atoms with Crippen molar-refractivity contribution in [2.75, 3.05) is 55.7 Å². The zero-order valence-corrected chi connectivity index (χ0v) is 33.0. The molecule has 56 heavy (non-hydrogen) atoms. The molecule has 6 heterocycles. The first-order valence-electron chi connectivity index (χ1n) is 19.1. The largest absolute Gasteiger partial charge is 0.461 e. The minimum atomic E-state index is -4.19. The van der Waals surface area contributed by atoms with Gasteiger partial charge in [-0.3, -0.25) is 4.90 Å². The molecule has 13 nitrogen and oxygen atoms in total. The van der Waals surface area contributed by atoms with Crippen molar-refractivity contribution >= 4 is 42.6 Å². The molecule has 1 spiro atoms. The topological polar surface area (TPSA) is 146 Å². The summed E-state index contributed by atoms with van der Waals surface area (Å²) in [6.45, 7) is 7.04. The van der Waals surface area contributed by atoms with E-state index in [1.54, 1.807) is 37.3 Å². The summed E-state index contributed by atoms with van der Waals surface area (Å²) in [4.78, 5) is 16.3. The molecule has 4 fully saturated rings. The van der Waals surface area contributed by atoms with Crippen molar-refractivity contribution in [1.82, 2.24) is 24.3 Å². The number of anilines is 2. The summed E-state index contributed by atoms with van der Waals surface area (Å²) in [5, 5.41) is 1.24. The molecular weight excluding hydrogens is 765 g/mol. The number of ether oxygens (including phenoxy) is 1. The van der Waals surface area contributed by atoms with Gasteiger partial charge in [0.2, 0.25) is 0 Å². The minimum Gasteiger partial charge on any atom is -0.461 e. The summed E-state index contributed by atoms with van der Waals surface area (Å²) in [7, 11) is -7.80. The van der Waals surface area contributed by atoms with Crippen LogP contribution >= 0.6 is 0 Å². The van der Waals surface area contributed by atoms with E-state index in [2.05, 4.69) is 19.2 Å². The average Bonchev–Trinajstić information content (AvgIpc) is 3.79. The van der Waals surface area contributed by atoms with Crippen LogP contribution in [0.3, 0.4) is 0 Å². The van der Waals surface area contributed by atoms with Crippen LogP contribution in [-0.4, -0.2) is 94.8 Å². The Kier molecular flexibility index (Phi) is 9.19. The zero-order valence-electron chi connectivity index (χ0n) is 31.4. The summed E-state index contributed by atoms with van der Waals surface area (Å²) in [5.74, 6) is 0.363. The second-order valence-corrected chi connectivity index (χ2v) is 19.1. The maximum atomic E-state index is 15.2. The van der Waals surface area contributed by atoms with Gasteiger partial charge in [0.1, 0.15) is 35.1 Å². The monoisotopic (exact) mass is 809 g/mol. The number of nitrogens with one attached hydrogen (secondary N) is 2. The van der Waals surface area contributed by atoms with Crippen molar-refractivity contribution in [2.45, 2.75) is 81.1 Å². The van der Waals surface area contributed by atoms with E-state index in [4.69, 9.17) is 18.9 Å². The molecule has 9 rings (SSSR count). The number of halogens is 2. The van der Waals surface area contributed by atoms with E-state index in [-0.39, 0.29) is 36.4 Å². The fourth-order valence-electron chi connectivity index (χ4n) is 9.44. The number of fused-ring (bicyclic) bond motifs is 3. The van der Waals surface area contributed by atoms with Crippen LogP contribution in [0, 0.1) is 19.7 Å². The highest BCUT2D eigenvalue weighted by atomic mass is 32.2. The molecule has 1 unspecified atom stereocenters. The third-order valence-corrected chi connectivity index (χ3v) is 14.7. The van der Waals surface area contributed by atoms with Gasteiger partial charge >= 0.3 is 16.1 Å². The number of hydrogen-bond donors (Lipinski definition) is 2. The fourth-order valence-corrected chi connectivity index (χ4v) is 11.7. The quantitative estimate of drug-likeness (QED) is 0.244. The summed E-state index contributed by atoms with van der Waals surface area (Å²) >= 11 is 0. The van der Waals surface area contributed by atoms with E-state index in [0.29, 0.717) is 79.0 Å². The molecule has 4 saturated heterocycles. The SMILES string of the molecule is Cc1ccc(S(=O)(=O)Oc2cc(N3CCc4c(nc(OC[C@@]56CCCN5C[C@H](F)C6)nc4N4CCCC5(CNS(=O)(=O)N5)C4)C3)c3c(C)c(F)ccc3c2)cc1. The van der Waals surface area contributed by atoms with Crippen molar-refractivity contribution in [3.63, 3.8) is 0 Å². The van der Waals surface area contributed by atoms with Crippen molar-refractivity contribution in [1.29, 1.82) is 0 Å². The average molecular weight is 810 g/mol. The third-order valence-electron chi connectivity index (χ3n) is 12.2. The Morgan fingerprint density at radius 2 is 1.80 bits per heavy atom. The highest BCUT2D eigenvalue weighted by molar-refractivity contribution is 7.87. The van der Waals surface area contributed by atoms with Crippen LogP contribution in [-0.2, 0) is 33.3 Å². The summed E-state index contributed by atoms with van der Waals surface area (Å²) in [6, 6.07) is 12.8. The van der Waals surface area contributed by atoms with Gasteiger partial charge in [0.25, 0.3) is 10.2 Å². The highest BCUT2D eigenvalue weighted by Gasteiger charge is 2.50. The number of aryl methyl sites for hydroxylation is 2. The van der Waals surface area contributed by atoms with Gasteiger partial charge in [-0.1, -0.05) is 23.8 Å². The number of benzene rings is 3. The minimum absolute atomic E-state index is 0.0178. The molecule has 0 amide bonds. The molecule has 0 bridgehead atoms. The molecule has 5 aliphatic heterocycles. The number of aromatic nitrogens is 2. The lowest BCUT2D eigenvalue weighted by atomic mass is 9.89. The van der Waals surface area contributed by atoms with E-state index in [1.165, 1.54) is 18.2 Å². The van der Waals surface area contributed by atoms with Gasteiger partial charge in [0, 0.05) is 61.8 Å². The first-order chi connectivity index (χ1) is 26.7. The molecule has 0 saturated carbocycles. The van der Waals surface area contributed by atoms with E-state index in [9.17, 15) is 21.2 Å². The predicted molar refractivity (Wildman–Crippen MR) is 207 cm³/mol. The molecule has 0 aliphatic carbocycles. The van der Waals surface area contributed by atoms with Crippen molar-refractivity contribution in [3.05, 3.63) is 76.7 Å². The Bertz CT molecular complexity index is 2440. The van der Waals surface area contributed by atoms with Crippen molar-refractivity contribution in [3.8, 4) is 11.8 Å². The number of nitrogens with zero attached hydrogens (tertiary/aromatic N) is 5. The summed E-state index contributed by atoms with van der Waals surface area (Å²) in [5.41, 5.74) is 2.37. The third kappa shape index (κ3) is 6.84. The number of rotatable bonds is 8. The predicted octanol–water partition coefficient (Wildman–Crippen LogP) is 4.45. The molecule has 3 aromatic carbocycles. The van der Waals surface area contributed by atoms with E-state index in [1.807, 2.05) is 11.8 Å². The second kappa shape index (κ2) is 13.7. The Balaban J connectivity index is 1.09. The van der Waals surface area contributed by atoms with Crippen molar-refractivity contribution < 1.29 is 34.5 Å². The van der Waals surface area contributed by atoms with Crippen LogP contribution in [0.25, 0.3) is 10.8 Å². The van der Waals surface area contributed by atoms with Crippen LogP contribution in [0.4, 0.5) is 20.3 Å². The highest BCUT2D eigenvalue weighted by Crippen LogP contribution is 2.42. The second-order valence-electron chi connectivity index (χ2n) is 16.1. The Labute approximate surface area is 325 Å². The lowest BCUT2D eigenvalue weighted by Gasteiger charge is -2.41. The number of piperidine rings is 1. The summed E-state index contributed by atoms with van der Waals surface area (Å²) in [6.07, 6.45) is 3.14. The fraction of sp³-hybridized carbons (Fsp3) is 0.487. The molecule has 298 valence electrons. The van der Waals surface area contributed by atoms with Crippen LogP contribution in [0.2, 0.25) is 0 Å². The normalized spacial score (nSPS) is 26.2. The van der Waals surface area contributed by atoms with Gasteiger partial charge in [-0.25, -0.2) is 13.5 Å². The smallest absolute Gasteiger partial charge is 0.339 e. The van der Waals surface area contributed by atoms with Gasteiger partial charge in [-0.15, -0.1) is 0 Å². The molecule has 0 radical (unpaired) electrons. The first-order valence-corrected chi connectivity index (χ1v) is 22.0. The lowest BCUT2D eigenvalue weighted by Crippen LogP contribution is -2.57. The molecule has 4 aromatic rings. The van der Waals surface area contributed by atoms with Crippen LogP contribution in [0.1, 0.15) is 54.5 Å². The molecular formula is C39H45F2N7O6S2. The maximum absolute atomic E-state index is 15.2. The van der Waals surface area contributed by atoms with Gasteiger partial charge in [0.15, 0.2) is 0 Å². The Morgan fingerprint density at radius 3 is 2.59 bits per heavy atom. The number of alkyl halides is 1. The molecule has 1 aromatic heterocycles. The molecule has 3 atom stereocenters. The van der Waals surface area contributed by atoms with Crippen molar-refractivity contribution in [2.24, 2.45) is 0 Å². The first kappa shape index (κ1) is 37.4. The zero-order chi connectivity index (χ0) is 39.0. The van der Waals surface area contributed by atoms with E-state index >= 15 is 4.39 Å². The van der Waals surface area contributed by atoms with Crippen LogP contribution < -0.4 is 28.2 Å². The van der Waals surface area contributed by atoms with E-state index in [0.717, 1.165) is 36.9 Å². The van der Waals surface area contributed by atoms with Crippen LogP contribution in [0.5, 0.6) is 11.8 Å².